The molecular formula is C17H25F3N2O2. The number of carbonyl (C=O) groups is 1. The lowest BCUT2D eigenvalue weighted by molar-refractivity contribution is -0.148. The Hall–Kier alpha value is -1.60. The van der Waals surface area contributed by atoms with E-state index >= 15 is 0 Å². The Morgan fingerprint density at radius 1 is 1.21 bits per heavy atom. The molecule has 0 aliphatic heterocycles. The van der Waals surface area contributed by atoms with Gasteiger partial charge in [0.1, 0.15) is 0 Å². The second-order valence-electron chi connectivity index (χ2n) is 6.75. The van der Waals surface area contributed by atoms with Crippen molar-refractivity contribution in [2.75, 3.05) is 31.6 Å². The highest BCUT2D eigenvalue weighted by atomic mass is 19.4. The summed E-state index contributed by atoms with van der Waals surface area (Å²) in [6, 6.07) is 7.24. The molecule has 1 amide bonds. The van der Waals surface area contributed by atoms with Crippen molar-refractivity contribution >= 4 is 11.6 Å². The first-order chi connectivity index (χ1) is 11.0. The zero-order chi connectivity index (χ0) is 18.4. The molecule has 0 fully saturated rings. The van der Waals surface area contributed by atoms with E-state index in [1.165, 1.54) is 0 Å². The molecule has 0 bridgehead atoms. The van der Waals surface area contributed by atoms with Crippen LogP contribution in [0.5, 0.6) is 0 Å². The lowest BCUT2D eigenvalue weighted by Crippen LogP contribution is -2.40. The number of aliphatic hydroxyl groups excluding tert-OH is 1. The number of nitrogens with one attached hydrogen (secondary N) is 1. The lowest BCUT2D eigenvalue weighted by Gasteiger charge is -2.25. The summed E-state index contributed by atoms with van der Waals surface area (Å²) in [4.78, 5) is 13.2. The molecule has 0 atom stereocenters. The number of para-hydroxylation sites is 1. The summed E-state index contributed by atoms with van der Waals surface area (Å²) >= 11 is 0. The van der Waals surface area contributed by atoms with Gasteiger partial charge in [0.25, 0.3) is 0 Å². The van der Waals surface area contributed by atoms with Crippen LogP contribution in [-0.4, -0.2) is 48.3 Å². The zero-order valence-electron chi connectivity index (χ0n) is 14.3. The van der Waals surface area contributed by atoms with Crippen LogP contribution >= 0.6 is 0 Å². The number of benzene rings is 1. The van der Waals surface area contributed by atoms with Gasteiger partial charge in [-0.15, -0.1) is 0 Å². The normalized spacial score (nSPS) is 12.5. The van der Waals surface area contributed by atoms with Crippen molar-refractivity contribution in [1.29, 1.82) is 0 Å². The van der Waals surface area contributed by atoms with Gasteiger partial charge in [-0.1, -0.05) is 39.0 Å². The Bertz CT molecular complexity index is 539. The van der Waals surface area contributed by atoms with Crippen molar-refractivity contribution in [2.45, 2.75) is 38.8 Å². The minimum atomic E-state index is -4.39. The van der Waals surface area contributed by atoms with Crippen molar-refractivity contribution in [3.05, 3.63) is 29.8 Å². The van der Waals surface area contributed by atoms with E-state index in [1.807, 2.05) is 32.9 Å². The van der Waals surface area contributed by atoms with E-state index in [0.717, 1.165) is 10.5 Å². The third-order valence-corrected chi connectivity index (χ3v) is 3.41. The number of alkyl halides is 3. The number of aliphatic hydroxyl groups is 1. The van der Waals surface area contributed by atoms with E-state index in [9.17, 15) is 18.0 Å². The molecule has 0 spiro atoms. The van der Waals surface area contributed by atoms with E-state index in [4.69, 9.17) is 5.11 Å². The molecule has 0 aliphatic carbocycles. The molecule has 0 saturated heterocycles. The number of hydrogen-bond acceptors (Lipinski definition) is 3. The fourth-order valence-corrected chi connectivity index (χ4v) is 2.40. The van der Waals surface area contributed by atoms with E-state index in [-0.39, 0.29) is 31.5 Å². The van der Waals surface area contributed by atoms with Gasteiger partial charge in [0.2, 0.25) is 5.91 Å². The number of rotatable bonds is 7. The van der Waals surface area contributed by atoms with Crippen molar-refractivity contribution in [3.8, 4) is 0 Å². The number of halogens is 3. The fourth-order valence-electron chi connectivity index (χ4n) is 2.40. The Morgan fingerprint density at radius 3 is 2.38 bits per heavy atom. The largest absolute Gasteiger partial charge is 0.401 e. The summed E-state index contributed by atoms with van der Waals surface area (Å²) in [6.07, 6.45) is -4.21. The highest BCUT2D eigenvalue weighted by molar-refractivity contribution is 5.93. The first-order valence-corrected chi connectivity index (χ1v) is 7.82. The van der Waals surface area contributed by atoms with Crippen LogP contribution in [0.1, 0.15) is 32.8 Å². The van der Waals surface area contributed by atoms with Gasteiger partial charge < -0.3 is 10.4 Å². The summed E-state index contributed by atoms with van der Waals surface area (Å²) in [6.45, 7) is 4.21. The molecule has 0 saturated carbocycles. The molecule has 0 heterocycles. The van der Waals surface area contributed by atoms with Gasteiger partial charge in [0, 0.05) is 18.8 Å². The van der Waals surface area contributed by atoms with E-state index in [2.05, 4.69) is 5.32 Å². The molecule has 136 valence electrons. The van der Waals surface area contributed by atoms with Crippen LogP contribution in [0.3, 0.4) is 0 Å². The topological polar surface area (TPSA) is 52.6 Å². The zero-order valence-corrected chi connectivity index (χ0v) is 14.3. The summed E-state index contributed by atoms with van der Waals surface area (Å²) in [5.74, 6) is -0.506. The maximum atomic E-state index is 12.6. The Kier molecular flexibility index (Phi) is 7.23. The third kappa shape index (κ3) is 7.31. The van der Waals surface area contributed by atoms with Crippen molar-refractivity contribution in [1.82, 2.24) is 4.90 Å². The highest BCUT2D eigenvalue weighted by Crippen LogP contribution is 2.29. The van der Waals surface area contributed by atoms with Gasteiger partial charge in [-0.2, -0.15) is 13.2 Å². The van der Waals surface area contributed by atoms with Crippen LogP contribution in [0.2, 0.25) is 0 Å². The lowest BCUT2D eigenvalue weighted by atomic mass is 9.86. The smallest absolute Gasteiger partial charge is 0.396 e. The number of amides is 1. The predicted octanol–water partition coefficient (Wildman–Crippen LogP) is 3.17. The van der Waals surface area contributed by atoms with Crippen LogP contribution in [0.15, 0.2) is 24.3 Å². The fraction of sp³-hybridized carbons (Fsp3) is 0.588. The van der Waals surface area contributed by atoms with Crippen molar-refractivity contribution in [2.24, 2.45) is 0 Å². The average Bonchev–Trinajstić information content (AvgIpc) is 2.42. The standard InChI is InChI=1S/C17H25F3N2O2/c1-16(2,3)13-7-4-5-8-14(13)21-15(24)11-22(9-6-10-23)12-17(18,19)20/h4-5,7-8,23H,6,9-12H2,1-3H3,(H,21,24). The molecule has 0 unspecified atom stereocenters. The third-order valence-electron chi connectivity index (χ3n) is 3.41. The molecule has 1 rings (SSSR count). The van der Waals surface area contributed by atoms with Crippen LogP contribution in [-0.2, 0) is 10.2 Å². The second kappa shape index (κ2) is 8.48. The molecule has 1 aromatic rings. The van der Waals surface area contributed by atoms with Crippen LogP contribution in [0, 0.1) is 0 Å². The second-order valence-corrected chi connectivity index (χ2v) is 6.75. The molecule has 0 aliphatic rings. The van der Waals surface area contributed by atoms with Crippen molar-refractivity contribution in [3.63, 3.8) is 0 Å². The number of carbonyl (C=O) groups excluding carboxylic acids is 1. The first-order valence-electron chi connectivity index (χ1n) is 7.82. The van der Waals surface area contributed by atoms with Crippen LogP contribution in [0.4, 0.5) is 18.9 Å². The molecule has 0 radical (unpaired) electrons. The number of nitrogens with zero attached hydrogens (tertiary/aromatic N) is 1. The maximum Gasteiger partial charge on any atom is 0.401 e. The molecule has 2 N–H and O–H groups in total. The number of anilines is 1. The van der Waals surface area contributed by atoms with Gasteiger partial charge in [0.15, 0.2) is 0 Å². The quantitative estimate of drug-likeness (QED) is 0.797. The van der Waals surface area contributed by atoms with Crippen molar-refractivity contribution < 1.29 is 23.1 Å². The van der Waals surface area contributed by atoms with Gasteiger partial charge in [-0.25, -0.2) is 0 Å². The molecule has 4 nitrogen and oxygen atoms in total. The number of hydrogen-bond donors (Lipinski definition) is 2. The highest BCUT2D eigenvalue weighted by Gasteiger charge is 2.31. The molecular weight excluding hydrogens is 321 g/mol. The van der Waals surface area contributed by atoms with Gasteiger partial charge in [0.05, 0.1) is 13.1 Å². The molecule has 0 aromatic heterocycles. The monoisotopic (exact) mass is 346 g/mol. The summed E-state index contributed by atoms with van der Waals surface area (Å²) in [5.41, 5.74) is 1.31. The Morgan fingerprint density at radius 2 is 1.83 bits per heavy atom. The van der Waals surface area contributed by atoms with E-state index in [0.29, 0.717) is 5.69 Å². The minimum absolute atomic E-state index is 0.00431. The van der Waals surface area contributed by atoms with Crippen LogP contribution in [0.25, 0.3) is 0 Å². The van der Waals surface area contributed by atoms with Crippen LogP contribution < -0.4 is 5.32 Å². The van der Waals surface area contributed by atoms with E-state index < -0.39 is 18.6 Å². The summed E-state index contributed by atoms with van der Waals surface area (Å²) in [5, 5.41) is 11.5. The summed E-state index contributed by atoms with van der Waals surface area (Å²) < 4.78 is 37.8. The van der Waals surface area contributed by atoms with Gasteiger partial charge in [-0.05, 0) is 23.5 Å². The summed E-state index contributed by atoms with van der Waals surface area (Å²) in [7, 11) is 0. The molecule has 7 heteroatoms. The molecule has 1 aromatic carbocycles. The average molecular weight is 346 g/mol. The van der Waals surface area contributed by atoms with Gasteiger partial charge >= 0.3 is 6.18 Å². The first kappa shape index (κ1) is 20.4. The Balaban J connectivity index is 2.79. The maximum absolute atomic E-state index is 12.6. The predicted molar refractivity (Wildman–Crippen MR) is 88.0 cm³/mol. The molecule has 24 heavy (non-hydrogen) atoms. The Labute approximate surface area is 140 Å². The van der Waals surface area contributed by atoms with Gasteiger partial charge in [-0.3, -0.25) is 9.69 Å². The SMILES string of the molecule is CC(C)(C)c1ccccc1NC(=O)CN(CCCO)CC(F)(F)F. The van der Waals surface area contributed by atoms with E-state index in [1.54, 1.807) is 12.1 Å². The minimum Gasteiger partial charge on any atom is -0.396 e.